The van der Waals surface area contributed by atoms with Gasteiger partial charge in [0.2, 0.25) is 11.8 Å². The fourth-order valence-corrected chi connectivity index (χ4v) is 3.31. The Balaban J connectivity index is 1.80. The minimum atomic E-state index is -4.48. The molecule has 32 heavy (non-hydrogen) atoms. The Hall–Kier alpha value is -3.51. The number of nitrogens with one attached hydrogen (secondary N) is 2. The average molecular weight is 455 g/mol. The number of ether oxygens (including phenoxy) is 1. The van der Waals surface area contributed by atoms with E-state index in [9.17, 15) is 22.0 Å². The molecule has 4 aromatic rings. The number of H-pyrrole nitrogens is 1. The van der Waals surface area contributed by atoms with Gasteiger partial charge in [0, 0.05) is 11.8 Å². The van der Waals surface area contributed by atoms with Crippen LogP contribution in [0.5, 0.6) is 5.88 Å². The number of pyridine rings is 1. The second-order valence-corrected chi connectivity index (χ2v) is 7.09. The molecule has 0 radical (unpaired) electrons. The molecule has 8 nitrogen and oxygen atoms in total. The van der Waals surface area contributed by atoms with Crippen molar-refractivity contribution < 1.29 is 26.7 Å². The number of aryl methyl sites for hydroxylation is 1. The Morgan fingerprint density at radius 1 is 1.16 bits per heavy atom. The van der Waals surface area contributed by atoms with Gasteiger partial charge in [-0.2, -0.15) is 23.1 Å². The molecule has 2 N–H and O–H groups in total. The van der Waals surface area contributed by atoms with Crippen LogP contribution in [0.2, 0.25) is 0 Å². The third kappa shape index (κ3) is 3.89. The van der Waals surface area contributed by atoms with Crippen LogP contribution in [0.1, 0.15) is 12.7 Å². The number of methoxy groups -OCH3 is 1. The van der Waals surface area contributed by atoms with Crippen LogP contribution in [0.4, 0.5) is 27.9 Å². The molecule has 0 aliphatic heterocycles. The maximum absolute atomic E-state index is 13.0. The molecule has 170 valence electrons. The summed E-state index contributed by atoms with van der Waals surface area (Å²) in [4.78, 5) is 19.8. The number of fused-ring (bicyclic) bond motifs is 2. The quantitative estimate of drug-likeness (QED) is 0.421. The highest BCUT2D eigenvalue weighted by Crippen LogP contribution is 2.34. The molecule has 1 atom stereocenters. The lowest BCUT2D eigenvalue weighted by molar-refractivity contribution is -0.138. The molecular weight excluding hydrogens is 437 g/mol. The summed E-state index contributed by atoms with van der Waals surface area (Å²) >= 11 is 0. The number of halogens is 5. The molecule has 4 rings (SSSR count). The number of aromatic amines is 1. The molecule has 4 aromatic heterocycles. The Bertz CT molecular complexity index is 1280. The first-order valence-corrected chi connectivity index (χ1v) is 9.47. The van der Waals surface area contributed by atoms with Gasteiger partial charge in [-0.25, -0.2) is 18.7 Å². The SMILES string of the molecule is COc1nc(N[C@H](C)C(F)(F)F)nc2[nH]cc(-c3ccc4nc(C)n(CC(F)F)c4n3)c12. The molecule has 0 aliphatic rings. The van der Waals surface area contributed by atoms with Crippen molar-refractivity contribution in [2.24, 2.45) is 0 Å². The average Bonchev–Trinajstić information content (AvgIpc) is 3.27. The second-order valence-electron chi connectivity index (χ2n) is 7.09. The number of aromatic nitrogens is 6. The summed E-state index contributed by atoms with van der Waals surface area (Å²) in [5, 5.41) is 2.59. The second kappa shape index (κ2) is 7.88. The molecule has 13 heteroatoms. The molecule has 0 unspecified atom stereocenters. The lowest BCUT2D eigenvalue weighted by atomic mass is 10.1. The highest BCUT2D eigenvalue weighted by atomic mass is 19.4. The largest absolute Gasteiger partial charge is 0.480 e. The van der Waals surface area contributed by atoms with Gasteiger partial charge in [-0.3, -0.25) is 0 Å². The smallest absolute Gasteiger partial charge is 0.408 e. The van der Waals surface area contributed by atoms with Crippen LogP contribution in [0, 0.1) is 6.92 Å². The molecular formula is C19H18F5N7O. The molecule has 0 bridgehead atoms. The van der Waals surface area contributed by atoms with E-state index in [1.54, 1.807) is 25.3 Å². The zero-order chi connectivity index (χ0) is 23.2. The van der Waals surface area contributed by atoms with Gasteiger partial charge in [-0.1, -0.05) is 0 Å². The number of nitrogens with zero attached hydrogens (tertiary/aromatic N) is 5. The van der Waals surface area contributed by atoms with E-state index in [1.807, 2.05) is 0 Å². The van der Waals surface area contributed by atoms with E-state index in [-0.39, 0.29) is 23.1 Å². The Kier molecular flexibility index (Phi) is 5.34. The van der Waals surface area contributed by atoms with Crippen molar-refractivity contribution in [3.63, 3.8) is 0 Å². The van der Waals surface area contributed by atoms with E-state index in [0.29, 0.717) is 28.0 Å². The zero-order valence-electron chi connectivity index (χ0n) is 17.1. The number of alkyl halides is 5. The maximum Gasteiger partial charge on any atom is 0.408 e. The fourth-order valence-electron chi connectivity index (χ4n) is 3.31. The van der Waals surface area contributed by atoms with E-state index in [1.165, 1.54) is 11.7 Å². The standard InChI is InChI=1S/C19H18F5N7O/c1-8(19(22,23)24)26-18-29-15-14(17(30-18)32-3)10(6-25-15)11-4-5-12-16(28-11)31(7-13(20)21)9(2)27-12/h4-6,8,13H,7H2,1-3H3,(H2,25,26,29,30)/t8-/m1/s1. The monoisotopic (exact) mass is 455 g/mol. The predicted octanol–water partition coefficient (Wildman–Crippen LogP) is 4.31. The first-order valence-electron chi connectivity index (χ1n) is 9.47. The number of anilines is 1. The van der Waals surface area contributed by atoms with Crippen LogP contribution < -0.4 is 10.1 Å². The topological polar surface area (TPSA) is 93.5 Å². The molecule has 0 saturated carbocycles. The van der Waals surface area contributed by atoms with E-state index in [4.69, 9.17) is 4.74 Å². The summed E-state index contributed by atoms with van der Waals surface area (Å²) in [6, 6.07) is 1.43. The summed E-state index contributed by atoms with van der Waals surface area (Å²) in [5.41, 5.74) is 1.87. The summed E-state index contributed by atoms with van der Waals surface area (Å²) in [5.74, 6) is 0.170. The maximum atomic E-state index is 13.0. The van der Waals surface area contributed by atoms with Gasteiger partial charge in [0.25, 0.3) is 6.43 Å². The van der Waals surface area contributed by atoms with Crippen molar-refractivity contribution in [2.45, 2.75) is 39.0 Å². The minimum Gasteiger partial charge on any atom is -0.480 e. The number of imidazole rings is 1. The number of hydrogen-bond acceptors (Lipinski definition) is 6. The van der Waals surface area contributed by atoms with Crippen molar-refractivity contribution in [2.75, 3.05) is 12.4 Å². The van der Waals surface area contributed by atoms with Crippen molar-refractivity contribution >= 4 is 28.1 Å². The lowest BCUT2D eigenvalue weighted by Crippen LogP contribution is -2.33. The van der Waals surface area contributed by atoms with Gasteiger partial charge >= 0.3 is 6.18 Å². The third-order valence-electron chi connectivity index (χ3n) is 4.91. The third-order valence-corrected chi connectivity index (χ3v) is 4.91. The van der Waals surface area contributed by atoms with Gasteiger partial charge in [0.1, 0.15) is 23.0 Å². The predicted molar refractivity (Wildman–Crippen MR) is 107 cm³/mol. The summed E-state index contributed by atoms with van der Waals surface area (Å²) < 4.78 is 71.2. The Morgan fingerprint density at radius 3 is 2.56 bits per heavy atom. The van der Waals surface area contributed by atoms with Crippen LogP contribution in [-0.2, 0) is 6.54 Å². The van der Waals surface area contributed by atoms with E-state index in [2.05, 4.69) is 30.2 Å². The number of rotatable bonds is 6. The van der Waals surface area contributed by atoms with Crippen molar-refractivity contribution in [3.05, 3.63) is 24.2 Å². The molecule has 0 saturated heterocycles. The van der Waals surface area contributed by atoms with Crippen molar-refractivity contribution in [3.8, 4) is 17.1 Å². The van der Waals surface area contributed by atoms with Gasteiger partial charge in [0.15, 0.2) is 5.65 Å². The molecule has 0 aromatic carbocycles. The summed E-state index contributed by atoms with van der Waals surface area (Å²) in [6.45, 7) is 2.01. The minimum absolute atomic E-state index is 0.0299. The van der Waals surface area contributed by atoms with E-state index < -0.39 is 25.2 Å². The van der Waals surface area contributed by atoms with Crippen LogP contribution in [0.25, 0.3) is 33.5 Å². The van der Waals surface area contributed by atoms with Crippen molar-refractivity contribution in [1.29, 1.82) is 0 Å². The molecule has 4 heterocycles. The van der Waals surface area contributed by atoms with Crippen LogP contribution in [0.3, 0.4) is 0 Å². The molecule has 0 spiro atoms. The van der Waals surface area contributed by atoms with Crippen LogP contribution in [0.15, 0.2) is 18.3 Å². The molecule has 0 amide bonds. The molecule has 0 aliphatic carbocycles. The normalized spacial score (nSPS) is 13.3. The fraction of sp³-hybridized carbons (Fsp3) is 0.368. The van der Waals surface area contributed by atoms with Crippen molar-refractivity contribution in [1.82, 2.24) is 29.5 Å². The van der Waals surface area contributed by atoms with Crippen LogP contribution >= 0.6 is 0 Å². The lowest BCUT2D eigenvalue weighted by Gasteiger charge is -2.17. The van der Waals surface area contributed by atoms with Gasteiger partial charge in [0.05, 0.1) is 24.7 Å². The van der Waals surface area contributed by atoms with Gasteiger partial charge < -0.3 is 19.6 Å². The first kappa shape index (κ1) is 21.7. The molecule has 0 fully saturated rings. The van der Waals surface area contributed by atoms with Gasteiger partial charge in [-0.15, -0.1) is 0 Å². The van der Waals surface area contributed by atoms with Gasteiger partial charge in [-0.05, 0) is 26.0 Å². The highest BCUT2D eigenvalue weighted by Gasteiger charge is 2.36. The summed E-state index contributed by atoms with van der Waals surface area (Å²) in [7, 11) is 1.33. The number of hydrogen-bond donors (Lipinski definition) is 2. The zero-order valence-corrected chi connectivity index (χ0v) is 17.1. The Morgan fingerprint density at radius 2 is 1.91 bits per heavy atom. The Labute approximate surface area is 177 Å². The van der Waals surface area contributed by atoms with E-state index >= 15 is 0 Å². The highest BCUT2D eigenvalue weighted by molar-refractivity contribution is 5.97. The van der Waals surface area contributed by atoms with E-state index in [0.717, 1.165) is 6.92 Å². The van der Waals surface area contributed by atoms with Crippen LogP contribution in [-0.4, -0.2) is 55.2 Å². The first-order chi connectivity index (χ1) is 15.1. The summed E-state index contributed by atoms with van der Waals surface area (Å²) in [6.07, 6.45) is -5.51.